The van der Waals surface area contributed by atoms with Gasteiger partial charge in [0, 0.05) is 5.39 Å². The van der Waals surface area contributed by atoms with E-state index in [1.165, 1.54) is 38.5 Å². The van der Waals surface area contributed by atoms with Gasteiger partial charge in [-0.25, -0.2) is 13.2 Å². The van der Waals surface area contributed by atoms with Crippen molar-refractivity contribution in [3.8, 4) is 0 Å². The number of hydrogen-bond acceptors (Lipinski definition) is 0. The lowest BCUT2D eigenvalue weighted by Crippen LogP contribution is -2.30. The molecule has 4 atom stereocenters. The van der Waals surface area contributed by atoms with Crippen LogP contribution in [0.1, 0.15) is 63.4 Å². The normalized spacial score (nSPS) is 29.6. The molecule has 0 bridgehead atoms. The number of benzene rings is 2. The van der Waals surface area contributed by atoms with Crippen LogP contribution in [0.5, 0.6) is 0 Å². The van der Waals surface area contributed by atoms with E-state index < -0.39 is 17.5 Å². The summed E-state index contributed by atoms with van der Waals surface area (Å²) < 4.78 is 40.9. The summed E-state index contributed by atoms with van der Waals surface area (Å²) in [5.41, 5.74) is 1.15. The zero-order valence-corrected chi connectivity index (χ0v) is 14.7. The number of fused-ring (bicyclic) bond motifs is 2. The molecule has 0 aromatic heterocycles. The standard InChI is InChI=1S/C22H25F3/c1-2-13-3-4-15-10-16(6-5-14(15)9-13)17-7-8-19-18(11-17)12-20(23)22(25)21(19)24/h7-8,11-16H,2-6,9-10H2,1H3. The van der Waals surface area contributed by atoms with E-state index in [9.17, 15) is 13.2 Å². The largest absolute Gasteiger partial charge is 0.204 e. The fourth-order valence-electron chi connectivity index (χ4n) is 5.24. The van der Waals surface area contributed by atoms with Crippen LogP contribution < -0.4 is 0 Å². The van der Waals surface area contributed by atoms with Crippen LogP contribution in [-0.4, -0.2) is 0 Å². The maximum atomic E-state index is 13.9. The van der Waals surface area contributed by atoms with Crippen LogP contribution >= 0.6 is 0 Å². The summed E-state index contributed by atoms with van der Waals surface area (Å²) in [7, 11) is 0. The third-order valence-electron chi connectivity index (χ3n) is 6.77. The van der Waals surface area contributed by atoms with Gasteiger partial charge in [0.1, 0.15) is 0 Å². The van der Waals surface area contributed by atoms with Crippen LogP contribution in [0.3, 0.4) is 0 Å². The first-order valence-corrected chi connectivity index (χ1v) is 9.64. The minimum Gasteiger partial charge on any atom is -0.204 e. The molecule has 4 rings (SSSR count). The highest BCUT2D eigenvalue weighted by Crippen LogP contribution is 2.48. The lowest BCUT2D eigenvalue weighted by atomic mass is 9.63. The van der Waals surface area contributed by atoms with Crippen molar-refractivity contribution in [2.45, 2.75) is 57.8 Å². The van der Waals surface area contributed by atoms with Crippen LogP contribution in [-0.2, 0) is 0 Å². The van der Waals surface area contributed by atoms with Gasteiger partial charge < -0.3 is 0 Å². The van der Waals surface area contributed by atoms with Crippen LogP contribution in [0.25, 0.3) is 10.8 Å². The molecule has 2 aliphatic carbocycles. The van der Waals surface area contributed by atoms with E-state index in [0.29, 0.717) is 11.3 Å². The van der Waals surface area contributed by atoms with Crippen molar-refractivity contribution in [1.29, 1.82) is 0 Å². The molecule has 0 spiro atoms. The Balaban J connectivity index is 1.58. The van der Waals surface area contributed by atoms with Gasteiger partial charge in [-0.3, -0.25) is 0 Å². The summed E-state index contributed by atoms with van der Waals surface area (Å²) in [6.07, 6.45) is 8.93. The molecule has 0 saturated heterocycles. The Kier molecular flexibility index (Phi) is 4.51. The minimum absolute atomic E-state index is 0.166. The topological polar surface area (TPSA) is 0 Å². The molecular weight excluding hydrogens is 321 g/mol. The second-order valence-corrected chi connectivity index (χ2v) is 8.08. The van der Waals surface area contributed by atoms with E-state index in [1.807, 2.05) is 12.1 Å². The van der Waals surface area contributed by atoms with Gasteiger partial charge in [0.2, 0.25) is 0 Å². The predicted molar refractivity (Wildman–Crippen MR) is 95.0 cm³/mol. The van der Waals surface area contributed by atoms with Crippen molar-refractivity contribution in [1.82, 2.24) is 0 Å². The second kappa shape index (κ2) is 6.66. The van der Waals surface area contributed by atoms with Crippen molar-refractivity contribution in [3.63, 3.8) is 0 Å². The highest BCUT2D eigenvalue weighted by Gasteiger charge is 2.35. The van der Waals surface area contributed by atoms with Gasteiger partial charge in [0.25, 0.3) is 0 Å². The van der Waals surface area contributed by atoms with Crippen LogP contribution in [0.4, 0.5) is 13.2 Å². The van der Waals surface area contributed by atoms with Crippen LogP contribution in [0.2, 0.25) is 0 Å². The Morgan fingerprint density at radius 1 is 0.880 bits per heavy atom. The first kappa shape index (κ1) is 16.9. The first-order valence-electron chi connectivity index (χ1n) is 9.64. The molecule has 3 heteroatoms. The summed E-state index contributed by atoms with van der Waals surface area (Å²) in [5.74, 6) is -0.557. The predicted octanol–water partition coefficient (Wildman–Crippen LogP) is 6.97. The fourth-order valence-corrected chi connectivity index (χ4v) is 5.24. The molecular formula is C22H25F3. The van der Waals surface area contributed by atoms with Crippen LogP contribution in [0, 0.1) is 35.2 Å². The molecule has 0 amide bonds. The molecule has 2 saturated carbocycles. The average molecular weight is 346 g/mol. The van der Waals surface area contributed by atoms with Gasteiger partial charge >= 0.3 is 0 Å². The molecule has 134 valence electrons. The quantitative estimate of drug-likeness (QED) is 0.515. The Hall–Kier alpha value is -1.51. The highest BCUT2D eigenvalue weighted by atomic mass is 19.2. The fraction of sp³-hybridized carbons (Fsp3) is 0.545. The average Bonchev–Trinajstić information content (AvgIpc) is 2.65. The van der Waals surface area contributed by atoms with Crippen molar-refractivity contribution >= 4 is 10.8 Å². The zero-order chi connectivity index (χ0) is 17.6. The van der Waals surface area contributed by atoms with Crippen molar-refractivity contribution < 1.29 is 13.2 Å². The van der Waals surface area contributed by atoms with Crippen LogP contribution in [0.15, 0.2) is 24.3 Å². The molecule has 0 aliphatic heterocycles. The van der Waals surface area contributed by atoms with Gasteiger partial charge in [0.15, 0.2) is 17.5 Å². The van der Waals surface area contributed by atoms with Crippen molar-refractivity contribution in [2.24, 2.45) is 17.8 Å². The Morgan fingerprint density at radius 2 is 1.64 bits per heavy atom. The maximum absolute atomic E-state index is 13.9. The van der Waals surface area contributed by atoms with E-state index in [4.69, 9.17) is 0 Å². The summed E-state index contributed by atoms with van der Waals surface area (Å²) in [6.45, 7) is 2.30. The van der Waals surface area contributed by atoms with E-state index in [2.05, 4.69) is 6.92 Å². The smallest absolute Gasteiger partial charge is 0.195 e. The zero-order valence-electron chi connectivity index (χ0n) is 14.7. The van der Waals surface area contributed by atoms with Crippen molar-refractivity contribution in [3.05, 3.63) is 47.3 Å². The maximum Gasteiger partial charge on any atom is 0.195 e. The van der Waals surface area contributed by atoms with E-state index in [-0.39, 0.29) is 5.39 Å². The summed E-state index contributed by atoms with van der Waals surface area (Å²) in [5, 5.41) is 0.630. The molecule has 0 nitrogen and oxygen atoms in total. The SMILES string of the molecule is CCC1CCC2CC(c3ccc4c(F)c(F)c(F)cc4c3)CCC2C1. The Morgan fingerprint density at radius 3 is 2.44 bits per heavy atom. The summed E-state index contributed by atoms with van der Waals surface area (Å²) in [6, 6.07) is 6.51. The molecule has 4 unspecified atom stereocenters. The number of hydrogen-bond donors (Lipinski definition) is 0. The Bertz CT molecular complexity index is 782. The second-order valence-electron chi connectivity index (χ2n) is 8.08. The van der Waals surface area contributed by atoms with E-state index in [0.717, 1.165) is 35.8 Å². The molecule has 0 N–H and O–H groups in total. The van der Waals surface area contributed by atoms with Gasteiger partial charge in [-0.05, 0) is 72.8 Å². The first-order chi connectivity index (χ1) is 12.1. The van der Waals surface area contributed by atoms with E-state index in [1.54, 1.807) is 6.07 Å². The molecule has 2 fully saturated rings. The molecule has 2 aliphatic rings. The lowest BCUT2D eigenvalue weighted by Gasteiger charge is -2.42. The molecule has 2 aromatic rings. The lowest BCUT2D eigenvalue weighted by molar-refractivity contribution is 0.116. The molecule has 2 aromatic carbocycles. The number of halogens is 3. The Labute approximate surface area is 147 Å². The third-order valence-corrected chi connectivity index (χ3v) is 6.77. The molecule has 0 radical (unpaired) electrons. The van der Waals surface area contributed by atoms with Gasteiger partial charge in [-0.1, -0.05) is 38.0 Å². The third kappa shape index (κ3) is 3.07. The molecule has 25 heavy (non-hydrogen) atoms. The van der Waals surface area contributed by atoms with Gasteiger partial charge in [-0.2, -0.15) is 0 Å². The van der Waals surface area contributed by atoms with Gasteiger partial charge in [-0.15, -0.1) is 0 Å². The summed E-state index contributed by atoms with van der Waals surface area (Å²) >= 11 is 0. The molecule has 0 heterocycles. The minimum atomic E-state index is -1.38. The highest BCUT2D eigenvalue weighted by molar-refractivity contribution is 5.84. The number of rotatable bonds is 2. The van der Waals surface area contributed by atoms with Crippen molar-refractivity contribution in [2.75, 3.05) is 0 Å². The summed E-state index contributed by atoms with van der Waals surface area (Å²) in [4.78, 5) is 0. The monoisotopic (exact) mass is 346 g/mol. The van der Waals surface area contributed by atoms with E-state index >= 15 is 0 Å². The van der Waals surface area contributed by atoms with Gasteiger partial charge in [0.05, 0.1) is 0 Å².